The van der Waals surface area contributed by atoms with E-state index in [0.29, 0.717) is 11.1 Å². The van der Waals surface area contributed by atoms with Crippen LogP contribution in [0.25, 0.3) is 0 Å². The van der Waals surface area contributed by atoms with E-state index in [1.807, 2.05) is 0 Å². The summed E-state index contributed by atoms with van der Waals surface area (Å²) in [6.07, 6.45) is 4.24. The van der Waals surface area contributed by atoms with Crippen LogP contribution in [0, 0.1) is 0 Å². The minimum absolute atomic E-state index is 0.329. The van der Waals surface area contributed by atoms with Gasteiger partial charge in [-0.25, -0.2) is 0 Å². The molecule has 6 saturated heterocycles. The molecule has 24 heavy (non-hydrogen) atoms. The summed E-state index contributed by atoms with van der Waals surface area (Å²) in [6, 6.07) is 3.17. The Balaban J connectivity index is 1.34. The third-order valence-corrected chi connectivity index (χ3v) is 6.93. The molecule has 0 saturated carbocycles. The summed E-state index contributed by atoms with van der Waals surface area (Å²) in [5, 5.41) is 0. The van der Waals surface area contributed by atoms with Gasteiger partial charge in [-0.15, -0.1) is 0 Å². The van der Waals surface area contributed by atoms with Gasteiger partial charge in [0.1, 0.15) is 0 Å². The molecule has 0 N–H and O–H groups in total. The predicted octanol–water partition coefficient (Wildman–Crippen LogP) is 2.45. The Labute approximate surface area is 149 Å². The van der Waals surface area contributed by atoms with Crippen molar-refractivity contribution < 1.29 is 0 Å². The van der Waals surface area contributed by atoms with E-state index >= 15 is 0 Å². The molecule has 4 nitrogen and oxygen atoms in total. The van der Waals surface area contributed by atoms with Crippen LogP contribution in [0.1, 0.15) is 60.8 Å². The third-order valence-electron chi connectivity index (χ3n) is 6.93. The van der Waals surface area contributed by atoms with Crippen LogP contribution < -0.4 is 0 Å². The van der Waals surface area contributed by atoms with Gasteiger partial charge in [0.15, 0.2) is 0 Å². The highest BCUT2D eigenvalue weighted by Crippen LogP contribution is 2.39. The zero-order valence-electron chi connectivity index (χ0n) is 16.8. The Hall–Kier alpha value is -0.160. The molecule has 6 rings (SSSR count). The highest BCUT2D eigenvalue weighted by Gasteiger charge is 2.50. The van der Waals surface area contributed by atoms with Gasteiger partial charge < -0.3 is 0 Å². The summed E-state index contributed by atoms with van der Waals surface area (Å²) in [4.78, 5) is 11.1. The van der Waals surface area contributed by atoms with Crippen molar-refractivity contribution in [3.05, 3.63) is 0 Å². The Morgan fingerprint density at radius 3 is 1.83 bits per heavy atom. The second kappa shape index (κ2) is 5.67. The monoisotopic (exact) mass is 334 g/mol. The molecular formula is C20H38N4. The van der Waals surface area contributed by atoms with Gasteiger partial charge in [0, 0.05) is 61.4 Å². The fraction of sp³-hybridized carbons (Fsp3) is 1.00. The van der Waals surface area contributed by atoms with Crippen LogP contribution >= 0.6 is 0 Å². The van der Waals surface area contributed by atoms with Gasteiger partial charge in [-0.05, 0) is 60.8 Å². The minimum atomic E-state index is 0.329. The molecule has 0 amide bonds. The fourth-order valence-corrected chi connectivity index (χ4v) is 6.08. The molecule has 0 spiro atoms. The number of hydrogen-bond acceptors (Lipinski definition) is 4. The van der Waals surface area contributed by atoms with E-state index < -0.39 is 0 Å². The average molecular weight is 335 g/mol. The minimum Gasteiger partial charge on any atom is -0.293 e. The molecule has 4 atom stereocenters. The van der Waals surface area contributed by atoms with E-state index in [4.69, 9.17) is 0 Å². The molecule has 138 valence electrons. The lowest BCUT2D eigenvalue weighted by molar-refractivity contribution is -0.142. The summed E-state index contributed by atoms with van der Waals surface area (Å²) >= 11 is 0. The van der Waals surface area contributed by atoms with Crippen LogP contribution in [-0.2, 0) is 0 Å². The number of fused-ring (bicyclic) bond motifs is 5. The van der Waals surface area contributed by atoms with Gasteiger partial charge in [0.25, 0.3) is 0 Å². The highest BCUT2D eigenvalue weighted by atomic mass is 15.4. The lowest BCUT2D eigenvalue weighted by Crippen LogP contribution is -2.74. The van der Waals surface area contributed by atoms with E-state index in [-0.39, 0.29) is 0 Å². The van der Waals surface area contributed by atoms with Crippen molar-refractivity contribution in [2.45, 2.75) is 96.1 Å². The number of piperidine rings is 3. The number of hydrogen-bond donors (Lipinski definition) is 0. The van der Waals surface area contributed by atoms with Gasteiger partial charge in [-0.1, -0.05) is 0 Å². The first-order valence-corrected chi connectivity index (χ1v) is 10.1. The molecule has 0 aromatic heterocycles. The second-order valence-corrected chi connectivity index (χ2v) is 10.8. The standard InChI is InChI=1S/C20H38N4/c1-19(2,3)23-13-15-7-8-16(23)12-22(15)14-21-10-17-9-18(11-21)24(17)20(4,5)6/h15-18H,7-14H2,1-6H3. The summed E-state index contributed by atoms with van der Waals surface area (Å²) in [5.41, 5.74) is 0.673. The van der Waals surface area contributed by atoms with Gasteiger partial charge in [-0.2, -0.15) is 0 Å². The van der Waals surface area contributed by atoms with Gasteiger partial charge in [-0.3, -0.25) is 19.6 Å². The van der Waals surface area contributed by atoms with Gasteiger partial charge in [0.2, 0.25) is 0 Å². The topological polar surface area (TPSA) is 13.0 Å². The normalized spacial score (nSPS) is 39.2. The summed E-state index contributed by atoms with van der Waals surface area (Å²) in [5.74, 6) is 0. The first-order chi connectivity index (χ1) is 11.1. The number of rotatable bonds is 2. The van der Waals surface area contributed by atoms with Crippen LogP contribution in [0.5, 0.6) is 0 Å². The highest BCUT2D eigenvalue weighted by molar-refractivity contribution is 5.06. The third kappa shape index (κ3) is 2.94. The first kappa shape index (κ1) is 17.3. The molecule has 0 aromatic carbocycles. The summed E-state index contributed by atoms with van der Waals surface area (Å²) < 4.78 is 0. The van der Waals surface area contributed by atoms with Crippen LogP contribution in [0.2, 0.25) is 0 Å². The molecule has 4 unspecified atom stereocenters. The van der Waals surface area contributed by atoms with Crippen LogP contribution in [-0.4, -0.2) is 87.7 Å². The van der Waals surface area contributed by atoms with Gasteiger partial charge in [0.05, 0.1) is 6.67 Å². The molecule has 6 aliphatic heterocycles. The molecule has 0 aliphatic carbocycles. The Kier molecular flexibility index (Phi) is 4.08. The molecule has 6 fully saturated rings. The molecule has 4 heteroatoms. The Morgan fingerprint density at radius 2 is 1.33 bits per heavy atom. The van der Waals surface area contributed by atoms with Crippen molar-refractivity contribution in [1.82, 2.24) is 19.6 Å². The van der Waals surface area contributed by atoms with E-state index in [2.05, 4.69) is 61.1 Å². The Bertz CT molecular complexity index is 465. The maximum absolute atomic E-state index is 2.81. The zero-order chi connectivity index (χ0) is 17.3. The fourth-order valence-electron chi connectivity index (χ4n) is 6.08. The van der Waals surface area contributed by atoms with Crippen molar-refractivity contribution in [1.29, 1.82) is 0 Å². The van der Waals surface area contributed by atoms with E-state index in [9.17, 15) is 0 Å². The predicted molar refractivity (Wildman–Crippen MR) is 100 cm³/mol. The van der Waals surface area contributed by atoms with Gasteiger partial charge >= 0.3 is 0 Å². The molecule has 4 bridgehead atoms. The molecule has 0 radical (unpaired) electrons. The van der Waals surface area contributed by atoms with Crippen LogP contribution in [0.3, 0.4) is 0 Å². The molecule has 6 aliphatic rings. The summed E-state index contributed by atoms with van der Waals surface area (Å²) in [7, 11) is 0. The smallest absolute Gasteiger partial charge is 0.0511 e. The first-order valence-electron chi connectivity index (χ1n) is 10.1. The lowest BCUT2D eigenvalue weighted by atomic mass is 9.82. The Morgan fingerprint density at radius 1 is 0.708 bits per heavy atom. The van der Waals surface area contributed by atoms with Crippen molar-refractivity contribution in [3.8, 4) is 0 Å². The lowest BCUT2D eigenvalue weighted by Gasteiger charge is -2.63. The van der Waals surface area contributed by atoms with E-state index in [0.717, 1.165) is 24.2 Å². The van der Waals surface area contributed by atoms with Crippen molar-refractivity contribution in [2.24, 2.45) is 0 Å². The number of piperazine rings is 2. The maximum Gasteiger partial charge on any atom is 0.0511 e. The molecule has 0 aromatic rings. The quantitative estimate of drug-likeness (QED) is 0.769. The number of nitrogens with zero attached hydrogens (tertiary/aromatic N) is 4. The van der Waals surface area contributed by atoms with Crippen LogP contribution in [0.15, 0.2) is 0 Å². The molecule has 6 heterocycles. The zero-order valence-corrected chi connectivity index (χ0v) is 16.8. The van der Waals surface area contributed by atoms with Crippen molar-refractivity contribution in [2.75, 3.05) is 32.8 Å². The van der Waals surface area contributed by atoms with E-state index in [1.165, 1.54) is 52.1 Å². The van der Waals surface area contributed by atoms with Crippen LogP contribution in [0.4, 0.5) is 0 Å². The van der Waals surface area contributed by atoms with Crippen molar-refractivity contribution in [3.63, 3.8) is 0 Å². The maximum atomic E-state index is 2.81. The summed E-state index contributed by atoms with van der Waals surface area (Å²) in [6.45, 7) is 20.6. The largest absolute Gasteiger partial charge is 0.293 e. The molecular weight excluding hydrogens is 296 g/mol. The SMILES string of the molecule is CC(C)(C)N1CC2CCC1CN2CN1CC2CC(C1)N2C(C)(C)C. The van der Waals surface area contributed by atoms with E-state index in [1.54, 1.807) is 0 Å². The second-order valence-electron chi connectivity index (χ2n) is 10.8. The van der Waals surface area contributed by atoms with Crippen molar-refractivity contribution >= 4 is 0 Å². The average Bonchev–Trinajstić information content (AvgIpc) is 2.45.